The maximum Gasteiger partial charge on any atom is 0.187 e. The second-order valence-electron chi connectivity index (χ2n) is 2.35. The summed E-state index contributed by atoms with van der Waals surface area (Å²) in [5, 5.41) is 3.45. The first-order valence-corrected chi connectivity index (χ1v) is 3.43. The summed E-state index contributed by atoms with van der Waals surface area (Å²) in [6.45, 7) is 7.01. The van der Waals surface area contributed by atoms with E-state index in [1.807, 2.05) is 13.8 Å². The van der Waals surface area contributed by atoms with Crippen LogP contribution in [0.1, 0.15) is 13.8 Å². The van der Waals surface area contributed by atoms with E-state index in [1.54, 1.807) is 6.20 Å². The van der Waals surface area contributed by atoms with Crippen molar-refractivity contribution in [3.63, 3.8) is 0 Å². The lowest BCUT2D eigenvalue weighted by atomic mass is 10.3. The van der Waals surface area contributed by atoms with E-state index in [2.05, 4.69) is 17.2 Å². The van der Waals surface area contributed by atoms with Crippen LogP contribution in [-0.4, -0.2) is 19.3 Å². The van der Waals surface area contributed by atoms with Gasteiger partial charge in [-0.15, -0.1) is 0 Å². The molecule has 1 N–H and O–H groups in total. The molecule has 1 aliphatic rings. The molecule has 11 heavy (non-hydrogen) atoms. The molecule has 1 saturated heterocycles. The van der Waals surface area contributed by atoms with Gasteiger partial charge in [0.1, 0.15) is 0 Å². The van der Waals surface area contributed by atoms with Gasteiger partial charge in [0.05, 0.1) is 0 Å². The zero-order valence-corrected chi connectivity index (χ0v) is 6.70. The number of nitrogens with zero attached hydrogens (tertiary/aromatic N) is 1. The maximum absolute atomic E-state index is 5.21. The van der Waals surface area contributed by atoms with Crippen LogP contribution < -0.4 is 5.43 Å². The smallest absolute Gasteiger partial charge is 0.187 e. The molecule has 1 heterocycles. The molecule has 62 valence electrons. The van der Waals surface area contributed by atoms with Crippen LogP contribution in [0.4, 0.5) is 0 Å². The van der Waals surface area contributed by atoms with Crippen molar-refractivity contribution in [1.29, 1.82) is 0 Å². The molecule has 4 heteroatoms. The molecule has 0 aliphatic carbocycles. The predicted molar refractivity (Wildman–Crippen MR) is 41.9 cm³/mol. The molecular weight excluding hydrogens is 144 g/mol. The molecule has 1 aliphatic heterocycles. The average molecular weight is 156 g/mol. The van der Waals surface area contributed by atoms with Crippen molar-refractivity contribution in [2.24, 2.45) is 5.10 Å². The number of hydrogen-bond acceptors (Lipinski definition) is 4. The molecule has 0 aromatic rings. The molecular formula is C7H12N2O2. The fourth-order valence-electron chi connectivity index (χ4n) is 0.788. The maximum atomic E-state index is 5.21. The average Bonchev–Trinajstić information content (AvgIpc) is 1.94. The Hall–Kier alpha value is -0.870. The van der Waals surface area contributed by atoms with Crippen molar-refractivity contribution in [3.8, 4) is 0 Å². The van der Waals surface area contributed by atoms with Crippen LogP contribution in [-0.2, 0) is 9.47 Å². The van der Waals surface area contributed by atoms with Gasteiger partial charge >= 0.3 is 0 Å². The van der Waals surface area contributed by atoms with Gasteiger partial charge in [0.2, 0.25) is 0 Å². The molecule has 0 atom stereocenters. The molecule has 0 radical (unpaired) electrons. The van der Waals surface area contributed by atoms with Crippen molar-refractivity contribution in [1.82, 2.24) is 5.43 Å². The van der Waals surface area contributed by atoms with Gasteiger partial charge in [-0.2, -0.15) is 5.10 Å². The second kappa shape index (κ2) is 3.50. The molecule has 0 aromatic heterocycles. The van der Waals surface area contributed by atoms with Crippen molar-refractivity contribution >= 4 is 6.72 Å². The lowest BCUT2D eigenvalue weighted by Gasteiger charge is -2.34. The Morgan fingerprint density at radius 1 is 1.64 bits per heavy atom. The summed E-state index contributed by atoms with van der Waals surface area (Å²) in [7, 11) is 0. The molecule has 0 unspecified atom stereocenters. The van der Waals surface area contributed by atoms with Crippen molar-refractivity contribution < 1.29 is 9.47 Å². The minimum absolute atomic E-state index is 0.0833. The summed E-state index contributed by atoms with van der Waals surface area (Å²) < 4.78 is 10.4. The third kappa shape index (κ3) is 2.03. The van der Waals surface area contributed by atoms with E-state index in [0.717, 1.165) is 5.57 Å². The largest absolute Gasteiger partial charge is 0.320 e. The predicted octanol–water partition coefficient (Wildman–Crippen LogP) is 0.814. The van der Waals surface area contributed by atoms with Gasteiger partial charge < -0.3 is 9.47 Å². The zero-order chi connectivity index (χ0) is 8.27. The first-order chi connectivity index (χ1) is 5.24. The highest BCUT2D eigenvalue weighted by atomic mass is 16.9. The van der Waals surface area contributed by atoms with Gasteiger partial charge in [-0.1, -0.05) is 0 Å². The highest BCUT2D eigenvalue weighted by Gasteiger charge is 2.27. The molecule has 1 rings (SSSR count). The van der Waals surface area contributed by atoms with Crippen LogP contribution in [0.15, 0.2) is 16.9 Å². The fraction of sp³-hybridized carbons (Fsp3) is 0.571. The number of hydrazone groups is 1. The van der Waals surface area contributed by atoms with Crippen LogP contribution in [0.3, 0.4) is 0 Å². The number of rotatable bonds is 3. The summed E-state index contributed by atoms with van der Waals surface area (Å²) >= 11 is 0. The molecule has 0 amide bonds. The van der Waals surface area contributed by atoms with Crippen LogP contribution in [0.25, 0.3) is 0 Å². The molecule has 1 fully saturated rings. The standard InChI is InChI=1S/C7H12N2O2/c1-5(4-9-8-3)7-10-6(2)11-7/h4,6-7,9H,3H2,1-2H3/b5-4+. The van der Waals surface area contributed by atoms with Crippen LogP contribution in [0, 0.1) is 0 Å². The van der Waals surface area contributed by atoms with E-state index < -0.39 is 0 Å². The molecule has 4 nitrogen and oxygen atoms in total. The third-order valence-electron chi connectivity index (χ3n) is 1.39. The number of hydrogen-bond donors (Lipinski definition) is 1. The van der Waals surface area contributed by atoms with E-state index in [1.165, 1.54) is 0 Å². The van der Waals surface area contributed by atoms with E-state index >= 15 is 0 Å². The Morgan fingerprint density at radius 3 is 2.73 bits per heavy atom. The summed E-state index contributed by atoms with van der Waals surface area (Å²) in [6, 6.07) is 0. The molecule has 0 bridgehead atoms. The molecule has 0 aromatic carbocycles. The minimum atomic E-state index is -0.209. The quantitative estimate of drug-likeness (QED) is 0.486. The van der Waals surface area contributed by atoms with E-state index in [0.29, 0.717) is 0 Å². The number of ether oxygens (including phenoxy) is 2. The monoisotopic (exact) mass is 156 g/mol. The topological polar surface area (TPSA) is 42.9 Å². The van der Waals surface area contributed by atoms with Crippen molar-refractivity contribution in [2.75, 3.05) is 0 Å². The highest BCUT2D eigenvalue weighted by Crippen LogP contribution is 2.21. The summed E-state index contributed by atoms with van der Waals surface area (Å²) in [5.74, 6) is 0. The molecule has 0 spiro atoms. The Morgan fingerprint density at radius 2 is 2.27 bits per heavy atom. The lowest BCUT2D eigenvalue weighted by molar-refractivity contribution is -0.359. The molecule has 0 saturated carbocycles. The first-order valence-electron chi connectivity index (χ1n) is 3.43. The summed E-state index contributed by atoms with van der Waals surface area (Å²) in [5.41, 5.74) is 3.56. The fourth-order valence-corrected chi connectivity index (χ4v) is 0.788. The number of nitrogens with one attached hydrogen (secondary N) is 1. The SMILES string of the molecule is C=NN/C=C(\C)C1OC(C)O1. The minimum Gasteiger partial charge on any atom is -0.320 e. The van der Waals surface area contributed by atoms with Crippen LogP contribution >= 0.6 is 0 Å². The lowest BCUT2D eigenvalue weighted by Crippen LogP contribution is -2.39. The summed E-state index contributed by atoms with van der Waals surface area (Å²) in [6.07, 6.45) is 1.41. The van der Waals surface area contributed by atoms with E-state index in [-0.39, 0.29) is 12.6 Å². The normalized spacial score (nSPS) is 30.9. The Balaban J connectivity index is 2.30. The Labute approximate surface area is 65.9 Å². The van der Waals surface area contributed by atoms with Crippen LogP contribution in [0.2, 0.25) is 0 Å². The van der Waals surface area contributed by atoms with Crippen LogP contribution in [0.5, 0.6) is 0 Å². The zero-order valence-electron chi connectivity index (χ0n) is 6.70. The van der Waals surface area contributed by atoms with Crippen molar-refractivity contribution in [3.05, 3.63) is 11.8 Å². The Bertz CT molecular complexity index is 173. The Kier molecular flexibility index (Phi) is 2.62. The van der Waals surface area contributed by atoms with Gasteiger partial charge in [0.15, 0.2) is 12.6 Å². The van der Waals surface area contributed by atoms with Crippen molar-refractivity contribution in [2.45, 2.75) is 26.4 Å². The first kappa shape index (κ1) is 8.23. The third-order valence-corrected chi connectivity index (χ3v) is 1.39. The van der Waals surface area contributed by atoms with Gasteiger partial charge in [-0.3, -0.25) is 5.43 Å². The van der Waals surface area contributed by atoms with E-state index in [4.69, 9.17) is 9.47 Å². The van der Waals surface area contributed by atoms with Gasteiger partial charge in [-0.25, -0.2) is 0 Å². The second-order valence-corrected chi connectivity index (χ2v) is 2.35. The van der Waals surface area contributed by atoms with Gasteiger partial charge in [-0.05, 0) is 13.8 Å². The van der Waals surface area contributed by atoms with Gasteiger partial charge in [0, 0.05) is 18.5 Å². The van der Waals surface area contributed by atoms with Gasteiger partial charge in [0.25, 0.3) is 0 Å². The summed E-state index contributed by atoms with van der Waals surface area (Å²) in [4.78, 5) is 0. The van der Waals surface area contributed by atoms with E-state index in [9.17, 15) is 0 Å². The highest BCUT2D eigenvalue weighted by molar-refractivity contribution is 5.22.